The van der Waals surface area contributed by atoms with Gasteiger partial charge in [0.2, 0.25) is 5.75 Å². The fourth-order valence-electron chi connectivity index (χ4n) is 2.26. The van der Waals surface area contributed by atoms with Crippen molar-refractivity contribution in [1.82, 2.24) is 10.2 Å². The first-order chi connectivity index (χ1) is 10.8. The van der Waals surface area contributed by atoms with Gasteiger partial charge in [0.1, 0.15) is 5.75 Å². The number of rotatable bonds is 5. The lowest BCUT2D eigenvalue weighted by Gasteiger charge is -2.14. The van der Waals surface area contributed by atoms with Gasteiger partial charge in [0, 0.05) is 6.07 Å². The van der Waals surface area contributed by atoms with E-state index in [9.17, 15) is 8.42 Å². The molecule has 2 aromatic rings. The summed E-state index contributed by atoms with van der Waals surface area (Å²) >= 11 is 5.77. The molecule has 0 unspecified atom stereocenters. The van der Waals surface area contributed by atoms with Gasteiger partial charge in [-0.25, -0.2) is 0 Å². The van der Waals surface area contributed by atoms with Crippen LogP contribution in [-0.4, -0.2) is 24.9 Å². The normalized spacial score (nSPS) is 14.6. The summed E-state index contributed by atoms with van der Waals surface area (Å²) in [7, 11) is -3.74. The van der Waals surface area contributed by atoms with Gasteiger partial charge < -0.3 is 8.92 Å². The van der Waals surface area contributed by atoms with Crippen molar-refractivity contribution in [3.63, 3.8) is 0 Å². The molecule has 122 valence electrons. The van der Waals surface area contributed by atoms with Crippen LogP contribution in [0.2, 0.25) is 5.15 Å². The summed E-state index contributed by atoms with van der Waals surface area (Å²) in [5, 5.41) is 7.54. The van der Waals surface area contributed by atoms with Gasteiger partial charge in [-0.2, -0.15) is 8.42 Å². The molecule has 1 aliphatic rings. The Balaban J connectivity index is 2.01. The van der Waals surface area contributed by atoms with Gasteiger partial charge in [-0.1, -0.05) is 29.8 Å². The molecule has 3 rings (SSSR count). The fourth-order valence-corrected chi connectivity index (χ4v) is 2.84. The number of nitrogens with zero attached hydrogens (tertiary/aromatic N) is 2. The molecule has 23 heavy (non-hydrogen) atoms. The third-order valence-corrected chi connectivity index (χ3v) is 4.06. The molecule has 0 bridgehead atoms. The average molecular weight is 355 g/mol. The first kappa shape index (κ1) is 16.0. The predicted molar refractivity (Wildman–Crippen MR) is 85.7 cm³/mol. The van der Waals surface area contributed by atoms with E-state index in [-0.39, 0.29) is 16.8 Å². The molecule has 0 atom stereocenters. The van der Waals surface area contributed by atoms with Gasteiger partial charge in [0.05, 0.1) is 6.26 Å². The van der Waals surface area contributed by atoms with Crippen molar-refractivity contribution in [2.45, 2.75) is 25.7 Å². The molecule has 0 saturated heterocycles. The molecule has 0 radical (unpaired) electrons. The Bertz CT molecular complexity index is 851. The highest BCUT2D eigenvalue weighted by atomic mass is 35.5. The van der Waals surface area contributed by atoms with Crippen molar-refractivity contribution in [2.24, 2.45) is 0 Å². The van der Waals surface area contributed by atoms with Gasteiger partial charge in [0.15, 0.2) is 5.15 Å². The van der Waals surface area contributed by atoms with E-state index in [1.165, 1.54) is 6.07 Å². The molecule has 6 nitrogen and oxygen atoms in total. The molecule has 8 heteroatoms. The van der Waals surface area contributed by atoms with Crippen molar-refractivity contribution >= 4 is 21.7 Å². The molecule has 1 saturated carbocycles. The van der Waals surface area contributed by atoms with E-state index < -0.39 is 10.1 Å². The third kappa shape index (κ3) is 3.92. The average Bonchev–Trinajstić information content (AvgIpc) is 3.26. The van der Waals surface area contributed by atoms with Gasteiger partial charge in [-0.05, 0) is 36.8 Å². The molecule has 0 amide bonds. The smallest absolute Gasteiger partial charge is 0.306 e. The highest BCUT2D eigenvalue weighted by molar-refractivity contribution is 7.86. The SMILES string of the molecule is Cc1cccc(C2CC2)c1Oc1nnc(Cl)cc1OS(C)(=O)=O. The number of para-hydroxylation sites is 1. The lowest BCUT2D eigenvalue weighted by atomic mass is 10.1. The van der Waals surface area contributed by atoms with Gasteiger partial charge >= 0.3 is 10.1 Å². The number of ether oxygens (including phenoxy) is 1. The Morgan fingerprint density at radius 1 is 1.26 bits per heavy atom. The van der Waals surface area contributed by atoms with Gasteiger partial charge in [-0.15, -0.1) is 10.2 Å². The Morgan fingerprint density at radius 2 is 2.00 bits per heavy atom. The number of hydrogen-bond donors (Lipinski definition) is 0. The lowest BCUT2D eigenvalue weighted by molar-refractivity contribution is 0.411. The summed E-state index contributed by atoms with van der Waals surface area (Å²) in [5.74, 6) is 1.00. The van der Waals surface area contributed by atoms with Crippen molar-refractivity contribution in [2.75, 3.05) is 6.26 Å². The largest absolute Gasteiger partial charge is 0.434 e. The van der Waals surface area contributed by atoms with Crippen LogP contribution in [0.5, 0.6) is 17.4 Å². The summed E-state index contributed by atoms with van der Waals surface area (Å²) in [6.45, 7) is 1.92. The molecular weight excluding hydrogens is 340 g/mol. The van der Waals surface area contributed by atoms with Crippen LogP contribution in [0.1, 0.15) is 29.9 Å². The zero-order valence-corrected chi connectivity index (χ0v) is 14.2. The zero-order valence-electron chi connectivity index (χ0n) is 12.6. The van der Waals surface area contributed by atoms with E-state index in [1.807, 2.05) is 25.1 Å². The zero-order chi connectivity index (χ0) is 16.6. The minimum absolute atomic E-state index is 0.0169. The molecular formula is C15H15ClN2O4S. The predicted octanol–water partition coefficient (Wildman–Crippen LogP) is 3.45. The van der Waals surface area contributed by atoms with E-state index in [4.69, 9.17) is 20.5 Å². The van der Waals surface area contributed by atoms with Crippen LogP contribution in [0, 0.1) is 6.92 Å². The summed E-state index contributed by atoms with van der Waals surface area (Å²) in [6, 6.07) is 7.15. The van der Waals surface area contributed by atoms with E-state index in [0.29, 0.717) is 11.7 Å². The summed E-state index contributed by atoms with van der Waals surface area (Å²) < 4.78 is 33.6. The summed E-state index contributed by atoms with van der Waals surface area (Å²) in [4.78, 5) is 0. The second kappa shape index (κ2) is 5.98. The van der Waals surface area contributed by atoms with Crippen LogP contribution >= 0.6 is 11.6 Å². The minimum Gasteiger partial charge on any atom is -0.434 e. The Labute approximate surface area is 139 Å². The Kier molecular flexibility index (Phi) is 4.16. The maximum atomic E-state index is 11.4. The number of aryl methyl sites for hydroxylation is 1. The highest BCUT2D eigenvalue weighted by Crippen LogP contribution is 2.46. The van der Waals surface area contributed by atoms with Crippen LogP contribution in [0.15, 0.2) is 24.3 Å². The van der Waals surface area contributed by atoms with E-state index in [2.05, 4.69) is 10.2 Å². The molecule has 1 aliphatic carbocycles. The van der Waals surface area contributed by atoms with E-state index in [0.717, 1.165) is 30.2 Å². The molecule has 1 aromatic carbocycles. The highest BCUT2D eigenvalue weighted by Gasteiger charge is 2.28. The van der Waals surface area contributed by atoms with Crippen LogP contribution in [-0.2, 0) is 10.1 Å². The Hall–Kier alpha value is -1.86. The first-order valence-electron chi connectivity index (χ1n) is 7.03. The molecule has 1 aromatic heterocycles. The van der Waals surface area contributed by atoms with Gasteiger partial charge in [-0.3, -0.25) is 0 Å². The van der Waals surface area contributed by atoms with Crippen LogP contribution < -0.4 is 8.92 Å². The maximum absolute atomic E-state index is 11.4. The summed E-state index contributed by atoms with van der Waals surface area (Å²) in [5.41, 5.74) is 2.00. The maximum Gasteiger partial charge on any atom is 0.306 e. The number of aromatic nitrogens is 2. The molecule has 0 aliphatic heterocycles. The van der Waals surface area contributed by atoms with Crippen LogP contribution in [0.3, 0.4) is 0 Å². The number of benzene rings is 1. The van der Waals surface area contributed by atoms with Gasteiger partial charge in [0.25, 0.3) is 5.88 Å². The van der Waals surface area contributed by atoms with E-state index in [1.54, 1.807) is 0 Å². The van der Waals surface area contributed by atoms with Crippen molar-refractivity contribution < 1.29 is 17.3 Å². The molecule has 0 N–H and O–H groups in total. The van der Waals surface area contributed by atoms with Crippen molar-refractivity contribution in [3.05, 3.63) is 40.5 Å². The molecule has 1 heterocycles. The standard InChI is InChI=1S/C15H15ClN2O4S/c1-9-4-3-5-11(10-6-7-10)14(9)21-15-12(22-23(2,19)20)8-13(16)17-18-15/h3-5,8,10H,6-7H2,1-2H3. The second-order valence-electron chi connectivity index (χ2n) is 5.49. The quantitative estimate of drug-likeness (QED) is 0.765. The molecule has 0 spiro atoms. The van der Waals surface area contributed by atoms with Crippen molar-refractivity contribution in [1.29, 1.82) is 0 Å². The van der Waals surface area contributed by atoms with E-state index >= 15 is 0 Å². The third-order valence-electron chi connectivity index (χ3n) is 3.40. The fraction of sp³-hybridized carbons (Fsp3) is 0.333. The second-order valence-corrected chi connectivity index (χ2v) is 7.46. The Morgan fingerprint density at radius 3 is 2.65 bits per heavy atom. The van der Waals surface area contributed by atoms with Crippen LogP contribution in [0.25, 0.3) is 0 Å². The van der Waals surface area contributed by atoms with Crippen LogP contribution in [0.4, 0.5) is 0 Å². The molecule has 1 fully saturated rings. The monoisotopic (exact) mass is 354 g/mol. The number of halogens is 1. The lowest BCUT2D eigenvalue weighted by Crippen LogP contribution is -2.08. The first-order valence-corrected chi connectivity index (χ1v) is 9.23. The summed E-state index contributed by atoms with van der Waals surface area (Å²) in [6.07, 6.45) is 3.16. The topological polar surface area (TPSA) is 78.4 Å². The number of hydrogen-bond acceptors (Lipinski definition) is 6. The van der Waals surface area contributed by atoms with Crippen molar-refractivity contribution in [3.8, 4) is 17.4 Å². The minimum atomic E-state index is -3.74.